The third-order valence-electron chi connectivity index (χ3n) is 4.86. The molecule has 2 nitrogen and oxygen atoms in total. The molecule has 0 atom stereocenters. The van der Waals surface area contributed by atoms with Crippen molar-refractivity contribution in [1.82, 2.24) is 0 Å². The van der Waals surface area contributed by atoms with Crippen LogP contribution in [0.4, 0.5) is 0 Å². The van der Waals surface area contributed by atoms with Crippen LogP contribution in [0, 0.1) is 22.7 Å². The maximum absolute atomic E-state index is 9.66. The summed E-state index contributed by atoms with van der Waals surface area (Å²) in [5, 5.41) is 23.7. The molecule has 3 aromatic rings. The van der Waals surface area contributed by atoms with Crippen LogP contribution < -0.4 is 10.4 Å². The van der Waals surface area contributed by atoms with Crippen molar-refractivity contribution in [2.24, 2.45) is 0 Å². The molecule has 1 aliphatic rings. The minimum Gasteiger partial charge on any atom is -0.193 e. The Labute approximate surface area is 154 Å². The van der Waals surface area contributed by atoms with Crippen molar-refractivity contribution >= 4 is 54.0 Å². The molecule has 0 spiro atoms. The van der Waals surface area contributed by atoms with Crippen LogP contribution in [-0.4, -0.2) is 0 Å². The molecule has 1 aromatic carbocycles. The first kappa shape index (κ1) is 16.3. The first-order valence-corrected chi connectivity index (χ1v) is 10.1. The number of benzene rings is 1. The highest BCUT2D eigenvalue weighted by atomic mass is 32.1. The van der Waals surface area contributed by atoms with E-state index >= 15 is 0 Å². The van der Waals surface area contributed by atoms with Gasteiger partial charge in [-0.2, -0.15) is 10.5 Å². The van der Waals surface area contributed by atoms with Gasteiger partial charge in [0, 0.05) is 48.5 Å². The summed E-state index contributed by atoms with van der Waals surface area (Å²) in [6.07, 6.45) is 0.469. The Balaban J connectivity index is 2.35. The van der Waals surface area contributed by atoms with Crippen LogP contribution in [0.1, 0.15) is 55.7 Å². The number of fused-ring (bicyclic) bond motifs is 6. The molecule has 2 aromatic heterocycles. The highest BCUT2D eigenvalue weighted by Crippen LogP contribution is 2.39. The summed E-state index contributed by atoms with van der Waals surface area (Å²) in [4.78, 5) is 2.68. The smallest absolute Gasteiger partial charge is 0.0957 e. The standard InChI is InChI=1S/C21H18N2S2/c1-10(2)16-6-14-18-12(8-22)5-13(9-23)19(18)15-7-17(11(3)4)25-21(15)20(14)24-16/h6-7,10-11H,5H2,1-4H3. The van der Waals surface area contributed by atoms with Crippen molar-refractivity contribution in [1.29, 1.82) is 10.5 Å². The lowest BCUT2D eigenvalue weighted by Crippen LogP contribution is -2.25. The lowest BCUT2D eigenvalue weighted by Gasteiger charge is -1.97. The number of nitriles is 2. The number of hydrogen-bond acceptors (Lipinski definition) is 4. The largest absolute Gasteiger partial charge is 0.193 e. The lowest BCUT2D eigenvalue weighted by atomic mass is 10.0. The second-order valence-corrected chi connectivity index (χ2v) is 9.37. The zero-order chi connectivity index (χ0) is 17.9. The number of thiophene rings is 2. The fourth-order valence-electron chi connectivity index (χ4n) is 3.54. The van der Waals surface area contributed by atoms with Gasteiger partial charge in [0.05, 0.1) is 21.5 Å². The van der Waals surface area contributed by atoms with Gasteiger partial charge in [-0.05, 0) is 24.0 Å². The van der Waals surface area contributed by atoms with Gasteiger partial charge in [0.2, 0.25) is 0 Å². The molecule has 25 heavy (non-hydrogen) atoms. The molecule has 0 amide bonds. The molecular formula is C21H18N2S2. The Kier molecular flexibility index (Phi) is 3.72. The second-order valence-electron chi connectivity index (χ2n) is 7.20. The fraction of sp³-hybridized carbons (Fsp3) is 0.333. The van der Waals surface area contributed by atoms with Gasteiger partial charge in [-0.3, -0.25) is 0 Å². The normalized spacial score (nSPS) is 13.9. The lowest BCUT2D eigenvalue weighted by molar-refractivity contribution is 0.890. The minimum atomic E-state index is 0.457. The van der Waals surface area contributed by atoms with Gasteiger partial charge in [0.1, 0.15) is 0 Å². The summed E-state index contributed by atoms with van der Waals surface area (Å²) in [5.41, 5.74) is 1.48. The maximum atomic E-state index is 9.66. The molecule has 0 fully saturated rings. The van der Waals surface area contributed by atoms with Crippen LogP contribution in [-0.2, 0) is 0 Å². The van der Waals surface area contributed by atoms with Crippen LogP contribution in [0.15, 0.2) is 12.1 Å². The van der Waals surface area contributed by atoms with Crippen LogP contribution in [0.3, 0.4) is 0 Å². The van der Waals surface area contributed by atoms with Gasteiger partial charge in [0.15, 0.2) is 0 Å². The predicted octanol–water partition coefficient (Wildman–Crippen LogP) is 5.12. The van der Waals surface area contributed by atoms with E-state index in [1.165, 1.54) is 19.2 Å². The quantitative estimate of drug-likeness (QED) is 0.635. The first-order chi connectivity index (χ1) is 12.0. The van der Waals surface area contributed by atoms with Crippen LogP contribution >= 0.6 is 22.7 Å². The van der Waals surface area contributed by atoms with Crippen LogP contribution in [0.25, 0.3) is 31.3 Å². The van der Waals surface area contributed by atoms with Gasteiger partial charge in [-0.1, -0.05) is 27.7 Å². The summed E-state index contributed by atoms with van der Waals surface area (Å²) in [6.45, 7) is 8.82. The van der Waals surface area contributed by atoms with E-state index < -0.39 is 0 Å². The van der Waals surface area contributed by atoms with Crippen molar-refractivity contribution in [2.75, 3.05) is 0 Å². The molecule has 0 aliphatic heterocycles. The van der Waals surface area contributed by atoms with Gasteiger partial charge in [0.25, 0.3) is 0 Å². The Morgan fingerprint density at radius 2 is 1.20 bits per heavy atom. The molecular weight excluding hydrogens is 344 g/mol. The third-order valence-corrected chi connectivity index (χ3v) is 7.90. The molecule has 0 saturated heterocycles. The van der Waals surface area contributed by atoms with E-state index in [1.807, 2.05) is 22.7 Å². The zero-order valence-corrected chi connectivity index (χ0v) is 16.4. The SMILES string of the molecule is CC(C)c1cc2c3c(c4cc(C(C)C)sc4c2s1)=C(C#N)CC=3C#N. The summed E-state index contributed by atoms with van der Waals surface area (Å²) >= 11 is 3.69. The first-order valence-electron chi connectivity index (χ1n) is 8.51. The highest BCUT2D eigenvalue weighted by Gasteiger charge is 2.22. The predicted molar refractivity (Wildman–Crippen MR) is 107 cm³/mol. The Hall–Kier alpha value is -2.14. The van der Waals surface area contributed by atoms with Gasteiger partial charge in [-0.15, -0.1) is 22.7 Å². The topological polar surface area (TPSA) is 47.6 Å². The number of nitrogens with zero attached hydrogens (tertiary/aromatic N) is 2. The fourth-order valence-corrected chi connectivity index (χ4v) is 6.03. The van der Waals surface area contributed by atoms with E-state index in [2.05, 4.69) is 52.0 Å². The van der Waals surface area contributed by atoms with Crippen LogP contribution in [0.5, 0.6) is 0 Å². The highest BCUT2D eigenvalue weighted by molar-refractivity contribution is 7.27. The van der Waals surface area contributed by atoms with Crippen molar-refractivity contribution in [3.05, 3.63) is 32.3 Å². The monoisotopic (exact) mass is 362 g/mol. The summed E-state index contributed by atoms with van der Waals surface area (Å²) in [5.74, 6) is 0.915. The van der Waals surface area contributed by atoms with Crippen molar-refractivity contribution in [3.8, 4) is 12.1 Å². The molecule has 124 valence electrons. The van der Waals surface area contributed by atoms with E-state index in [4.69, 9.17) is 0 Å². The molecule has 2 heterocycles. The zero-order valence-electron chi connectivity index (χ0n) is 14.7. The van der Waals surface area contributed by atoms with Crippen molar-refractivity contribution in [3.63, 3.8) is 0 Å². The molecule has 0 bridgehead atoms. The maximum Gasteiger partial charge on any atom is 0.0957 e. The molecule has 1 aliphatic carbocycles. The average molecular weight is 363 g/mol. The summed E-state index contributed by atoms with van der Waals surface area (Å²) in [7, 11) is 0. The average Bonchev–Trinajstić information content (AvgIpc) is 3.27. The Morgan fingerprint density at radius 1 is 0.800 bits per heavy atom. The third kappa shape index (κ3) is 2.25. The van der Waals surface area contributed by atoms with Gasteiger partial charge in [-0.25, -0.2) is 0 Å². The molecule has 0 radical (unpaired) electrons. The molecule has 4 heteroatoms. The number of hydrogen-bond donors (Lipinski definition) is 0. The molecule has 4 rings (SSSR count). The Morgan fingerprint density at radius 3 is 1.52 bits per heavy atom. The summed E-state index contributed by atoms with van der Waals surface area (Å²) < 4.78 is 2.56. The van der Waals surface area contributed by atoms with Gasteiger partial charge < -0.3 is 0 Å². The van der Waals surface area contributed by atoms with Gasteiger partial charge >= 0.3 is 0 Å². The van der Waals surface area contributed by atoms with Crippen molar-refractivity contribution < 1.29 is 0 Å². The minimum absolute atomic E-state index is 0.457. The molecule has 0 unspecified atom stereocenters. The van der Waals surface area contributed by atoms with Crippen LogP contribution in [0.2, 0.25) is 0 Å². The van der Waals surface area contributed by atoms with E-state index in [0.717, 1.165) is 32.4 Å². The van der Waals surface area contributed by atoms with E-state index in [-0.39, 0.29) is 0 Å². The number of rotatable bonds is 2. The Bertz CT molecular complexity index is 1140. The molecule has 0 saturated carbocycles. The van der Waals surface area contributed by atoms with E-state index in [0.29, 0.717) is 18.3 Å². The van der Waals surface area contributed by atoms with E-state index in [9.17, 15) is 10.5 Å². The molecule has 0 N–H and O–H groups in total. The summed E-state index contributed by atoms with van der Waals surface area (Å²) in [6, 6.07) is 9.21. The second kappa shape index (κ2) is 5.70. The van der Waals surface area contributed by atoms with Crippen molar-refractivity contribution in [2.45, 2.75) is 46.0 Å². The van der Waals surface area contributed by atoms with E-state index in [1.54, 1.807) is 0 Å².